The molecule has 0 radical (unpaired) electrons. The Labute approximate surface area is 214 Å². The third kappa shape index (κ3) is 5.05. The van der Waals surface area contributed by atoms with Gasteiger partial charge >= 0.3 is 0 Å². The number of aryl methyl sites for hydroxylation is 1. The molecule has 5 rings (SSSR count). The molecule has 4 aromatic rings. The first-order chi connectivity index (χ1) is 18.0. The Bertz CT molecular complexity index is 1430. The maximum absolute atomic E-state index is 14.2. The normalized spacial score (nSPS) is 13.9. The molecule has 1 aromatic carbocycles. The van der Waals surface area contributed by atoms with Crippen LogP contribution in [0.5, 0.6) is 5.75 Å². The number of amides is 1. The van der Waals surface area contributed by atoms with E-state index >= 15 is 0 Å². The number of hydrogen-bond donors (Lipinski definition) is 1. The molecule has 0 saturated carbocycles. The van der Waals surface area contributed by atoms with E-state index in [0.717, 1.165) is 33.9 Å². The van der Waals surface area contributed by atoms with E-state index in [0.29, 0.717) is 50.7 Å². The van der Waals surface area contributed by atoms with Gasteiger partial charge < -0.3 is 19.7 Å². The summed E-state index contributed by atoms with van der Waals surface area (Å²) in [5.41, 5.74) is 4.48. The highest BCUT2D eigenvalue weighted by molar-refractivity contribution is 5.94. The van der Waals surface area contributed by atoms with Gasteiger partial charge in [-0.25, -0.2) is 4.39 Å². The highest BCUT2D eigenvalue weighted by atomic mass is 19.1. The summed E-state index contributed by atoms with van der Waals surface area (Å²) < 4.78 is 29.3. The maximum atomic E-state index is 14.2. The molecule has 1 amide bonds. The number of fused-ring (bicyclic) bond motifs is 1. The molecule has 1 N–H and O–H groups in total. The molecule has 4 heterocycles. The molecular formula is C26H30FN7O3. The summed E-state index contributed by atoms with van der Waals surface area (Å²) in [4.78, 5) is 14.9. The van der Waals surface area contributed by atoms with Crippen molar-refractivity contribution in [3.05, 3.63) is 65.1 Å². The van der Waals surface area contributed by atoms with Crippen LogP contribution in [0.25, 0.3) is 16.8 Å². The Morgan fingerprint density at radius 2 is 2.00 bits per heavy atom. The van der Waals surface area contributed by atoms with Crippen LogP contribution < -0.4 is 10.1 Å². The molecule has 1 aliphatic heterocycles. The minimum absolute atomic E-state index is 0.104. The zero-order valence-corrected chi connectivity index (χ0v) is 21.2. The van der Waals surface area contributed by atoms with Gasteiger partial charge in [-0.15, -0.1) is 10.2 Å². The van der Waals surface area contributed by atoms with E-state index in [1.54, 1.807) is 15.6 Å². The Kier molecular flexibility index (Phi) is 7.15. The Balaban J connectivity index is 1.38. The van der Waals surface area contributed by atoms with Crippen LogP contribution in [0.3, 0.4) is 0 Å². The molecule has 1 fully saturated rings. The quantitative estimate of drug-likeness (QED) is 0.391. The molecule has 0 bridgehead atoms. The molecule has 11 heteroatoms. The fraction of sp³-hybridized carbons (Fsp3) is 0.385. The smallest absolute Gasteiger partial charge is 0.274 e. The van der Waals surface area contributed by atoms with E-state index in [2.05, 4.69) is 20.6 Å². The first-order valence-electron chi connectivity index (χ1n) is 12.3. The number of benzene rings is 1. The van der Waals surface area contributed by atoms with Crippen molar-refractivity contribution in [2.24, 2.45) is 7.05 Å². The summed E-state index contributed by atoms with van der Waals surface area (Å²) in [7, 11) is 3.67. The van der Waals surface area contributed by atoms with Crippen molar-refractivity contribution < 1.29 is 18.7 Å². The number of pyridine rings is 1. The maximum Gasteiger partial charge on any atom is 0.274 e. The van der Waals surface area contributed by atoms with Crippen molar-refractivity contribution in [2.75, 3.05) is 40.0 Å². The molecule has 10 nitrogen and oxygen atoms in total. The number of aromatic nitrogens is 5. The van der Waals surface area contributed by atoms with Gasteiger partial charge in [0.15, 0.2) is 17.2 Å². The summed E-state index contributed by atoms with van der Waals surface area (Å²) in [6.07, 6.45) is 2.38. The molecular weight excluding hydrogens is 477 g/mol. The van der Waals surface area contributed by atoms with Crippen molar-refractivity contribution in [3.63, 3.8) is 0 Å². The van der Waals surface area contributed by atoms with E-state index in [4.69, 9.17) is 9.47 Å². The number of morpholine rings is 1. The van der Waals surface area contributed by atoms with Crippen molar-refractivity contribution in [1.82, 2.24) is 34.6 Å². The molecule has 3 aromatic heterocycles. The van der Waals surface area contributed by atoms with E-state index in [9.17, 15) is 9.18 Å². The highest BCUT2D eigenvalue weighted by Gasteiger charge is 2.26. The van der Waals surface area contributed by atoms with Crippen molar-refractivity contribution in [3.8, 4) is 16.9 Å². The standard InChI is InChI=1S/C26H30FN7O3/c1-17-20(25(31-32(17)3)26(35)33-9-12-36-13-10-33)8-11-37-22-14-19(27)5-6-21(22)18-4-7-23-29-30-24(15-28-2)34(23)16-18/h4-7,14,16,28H,8-13,15H2,1-3H3. The van der Waals surface area contributed by atoms with Gasteiger partial charge in [0.1, 0.15) is 11.6 Å². The number of carbonyl (C=O) groups excluding carboxylic acids is 1. The lowest BCUT2D eigenvalue weighted by Gasteiger charge is -2.26. The largest absolute Gasteiger partial charge is 0.492 e. The topological polar surface area (TPSA) is 98.8 Å². The van der Waals surface area contributed by atoms with Crippen LogP contribution in [0.15, 0.2) is 36.5 Å². The van der Waals surface area contributed by atoms with Crippen molar-refractivity contribution in [2.45, 2.75) is 19.9 Å². The number of nitrogens with one attached hydrogen (secondary N) is 1. The zero-order valence-electron chi connectivity index (χ0n) is 21.2. The Hall–Kier alpha value is -3.83. The van der Waals surface area contributed by atoms with Gasteiger partial charge in [-0.05, 0) is 38.2 Å². The summed E-state index contributed by atoms with van der Waals surface area (Å²) in [5, 5.41) is 16.0. The molecule has 1 aliphatic rings. The van der Waals surface area contributed by atoms with Crippen LogP contribution in [0.4, 0.5) is 4.39 Å². The second-order valence-electron chi connectivity index (χ2n) is 8.97. The van der Waals surface area contributed by atoms with Crippen LogP contribution in [-0.2, 0) is 24.8 Å². The summed E-state index contributed by atoms with van der Waals surface area (Å²) >= 11 is 0. The Morgan fingerprint density at radius 1 is 1.19 bits per heavy atom. The lowest BCUT2D eigenvalue weighted by Crippen LogP contribution is -2.41. The zero-order chi connectivity index (χ0) is 25.9. The van der Waals surface area contributed by atoms with Crippen LogP contribution in [0.2, 0.25) is 0 Å². The minimum Gasteiger partial charge on any atom is -0.492 e. The van der Waals surface area contributed by atoms with E-state index in [1.807, 2.05) is 43.7 Å². The van der Waals surface area contributed by atoms with E-state index in [1.165, 1.54) is 12.1 Å². The van der Waals surface area contributed by atoms with Crippen molar-refractivity contribution >= 4 is 11.6 Å². The molecule has 194 valence electrons. The molecule has 0 unspecified atom stereocenters. The third-order valence-corrected chi connectivity index (χ3v) is 6.63. The van der Waals surface area contributed by atoms with Gasteiger partial charge in [0.2, 0.25) is 0 Å². The number of hydrogen-bond acceptors (Lipinski definition) is 7. The van der Waals surface area contributed by atoms with E-state index < -0.39 is 0 Å². The molecule has 1 saturated heterocycles. The SMILES string of the molecule is CNCc1nnc2ccc(-c3ccc(F)cc3OCCc3c(C(=O)N4CCOCC4)nn(C)c3C)cn12. The monoisotopic (exact) mass is 507 g/mol. The summed E-state index contributed by atoms with van der Waals surface area (Å²) in [6.45, 7) is 4.89. The van der Waals surface area contributed by atoms with Crippen LogP contribution in [0.1, 0.15) is 27.6 Å². The summed E-state index contributed by atoms with van der Waals surface area (Å²) in [5.74, 6) is 0.701. The molecule has 37 heavy (non-hydrogen) atoms. The van der Waals surface area contributed by atoms with Gasteiger partial charge in [0.25, 0.3) is 5.91 Å². The minimum atomic E-state index is -0.388. The average molecular weight is 508 g/mol. The Morgan fingerprint density at radius 3 is 2.78 bits per heavy atom. The van der Waals surface area contributed by atoms with Crippen molar-refractivity contribution in [1.29, 1.82) is 0 Å². The highest BCUT2D eigenvalue weighted by Crippen LogP contribution is 2.31. The lowest BCUT2D eigenvalue weighted by molar-refractivity contribution is 0.0297. The van der Waals surface area contributed by atoms with Gasteiger partial charge in [0, 0.05) is 61.2 Å². The predicted octanol–water partition coefficient (Wildman–Crippen LogP) is 2.39. The first-order valence-corrected chi connectivity index (χ1v) is 12.3. The average Bonchev–Trinajstić information content (AvgIpc) is 3.44. The fourth-order valence-corrected chi connectivity index (χ4v) is 4.53. The molecule has 0 spiro atoms. The molecule has 0 atom stereocenters. The number of carbonyl (C=O) groups is 1. The predicted molar refractivity (Wildman–Crippen MR) is 135 cm³/mol. The van der Waals surface area contributed by atoms with Gasteiger partial charge in [0.05, 0.1) is 26.4 Å². The number of rotatable bonds is 8. The van der Waals surface area contributed by atoms with Gasteiger partial charge in [-0.2, -0.15) is 5.10 Å². The summed E-state index contributed by atoms with van der Waals surface area (Å²) in [6, 6.07) is 8.29. The van der Waals surface area contributed by atoms with Crippen LogP contribution >= 0.6 is 0 Å². The van der Waals surface area contributed by atoms with Crippen LogP contribution in [-0.4, -0.2) is 75.1 Å². The fourth-order valence-electron chi connectivity index (χ4n) is 4.53. The second kappa shape index (κ2) is 10.7. The van der Waals surface area contributed by atoms with Crippen LogP contribution in [0, 0.1) is 12.7 Å². The number of nitrogens with zero attached hydrogens (tertiary/aromatic N) is 6. The lowest BCUT2D eigenvalue weighted by atomic mass is 10.1. The number of halogens is 1. The third-order valence-electron chi connectivity index (χ3n) is 6.63. The first kappa shape index (κ1) is 24.8. The van der Waals surface area contributed by atoms with Gasteiger partial charge in [-0.3, -0.25) is 13.9 Å². The van der Waals surface area contributed by atoms with Gasteiger partial charge in [-0.1, -0.05) is 0 Å². The second-order valence-corrected chi connectivity index (χ2v) is 8.97. The molecule has 0 aliphatic carbocycles. The number of ether oxygens (including phenoxy) is 2. The van der Waals surface area contributed by atoms with E-state index in [-0.39, 0.29) is 18.3 Å².